The molecular formula is C58H58N2. The van der Waals surface area contributed by atoms with Gasteiger partial charge in [0.1, 0.15) is 0 Å². The number of benzene rings is 6. The number of nitrogens with two attached hydrogens (primary N) is 1. The molecule has 1 aromatic heterocycles. The largest absolute Gasteiger partial charge is 0.405 e. The first-order chi connectivity index (χ1) is 29.3. The summed E-state index contributed by atoms with van der Waals surface area (Å²) < 4.78 is 2.32. The van der Waals surface area contributed by atoms with E-state index in [2.05, 4.69) is 222 Å². The van der Waals surface area contributed by atoms with Gasteiger partial charge < -0.3 is 10.3 Å². The van der Waals surface area contributed by atoms with Crippen LogP contribution in [0.25, 0.3) is 66.4 Å². The summed E-state index contributed by atoms with van der Waals surface area (Å²) >= 11 is 0. The monoisotopic (exact) mass is 782 g/mol. The molecule has 0 aliphatic carbocycles. The van der Waals surface area contributed by atoms with Gasteiger partial charge in [-0.15, -0.1) is 0 Å². The molecule has 0 saturated heterocycles. The molecule has 0 aliphatic heterocycles. The molecule has 0 spiro atoms. The van der Waals surface area contributed by atoms with Crippen molar-refractivity contribution in [3.63, 3.8) is 0 Å². The predicted octanol–water partition coefficient (Wildman–Crippen LogP) is 15.8. The normalized spacial score (nSPS) is 14.1. The number of aromatic nitrogens is 1. The van der Waals surface area contributed by atoms with Crippen molar-refractivity contribution in [3.05, 3.63) is 217 Å². The highest BCUT2D eigenvalue weighted by atomic mass is 15.0. The third kappa shape index (κ3) is 8.99. The Bertz CT molecular complexity index is 2750. The van der Waals surface area contributed by atoms with Crippen LogP contribution in [-0.2, 0) is 7.05 Å². The van der Waals surface area contributed by atoms with E-state index in [9.17, 15) is 0 Å². The SMILES string of the molecule is C=C(/C=C\C(=C/C(C)CC)c1c2ccccc2c(-c2ccc(/C=C(/C=C\N)c3cccc4ccccc34)n2C)c2ccccc12)C/C=C\C=C(\c1ccccc1)C(C)CC. The molecule has 0 bridgehead atoms. The van der Waals surface area contributed by atoms with Gasteiger partial charge in [0, 0.05) is 24.0 Å². The Balaban J connectivity index is 1.29. The van der Waals surface area contributed by atoms with E-state index in [0.717, 1.165) is 47.4 Å². The van der Waals surface area contributed by atoms with Crippen molar-refractivity contribution >= 4 is 55.1 Å². The van der Waals surface area contributed by atoms with Crippen LogP contribution in [0, 0.1) is 11.8 Å². The van der Waals surface area contributed by atoms with Crippen molar-refractivity contribution in [1.29, 1.82) is 0 Å². The number of hydrogen-bond donors (Lipinski definition) is 1. The maximum absolute atomic E-state index is 6.06. The average molecular weight is 783 g/mol. The fourth-order valence-corrected chi connectivity index (χ4v) is 8.30. The third-order valence-corrected chi connectivity index (χ3v) is 12.0. The van der Waals surface area contributed by atoms with Crippen LogP contribution >= 0.6 is 0 Å². The lowest BCUT2D eigenvalue weighted by atomic mass is 9.86. The smallest absolute Gasteiger partial charge is 0.0495 e. The summed E-state index contributed by atoms with van der Waals surface area (Å²) in [5.74, 6) is 0.884. The molecule has 2 heteroatoms. The Kier molecular flexibility index (Phi) is 13.4. The summed E-state index contributed by atoms with van der Waals surface area (Å²) in [6, 6.07) is 48.0. The van der Waals surface area contributed by atoms with Gasteiger partial charge in [-0.25, -0.2) is 0 Å². The second kappa shape index (κ2) is 19.4. The molecule has 6 aromatic carbocycles. The Morgan fingerprint density at radius 1 is 0.667 bits per heavy atom. The van der Waals surface area contributed by atoms with Crippen LogP contribution in [0.2, 0.25) is 0 Å². The molecule has 0 aliphatic rings. The topological polar surface area (TPSA) is 30.9 Å². The first kappa shape index (κ1) is 41.5. The molecule has 0 fully saturated rings. The van der Waals surface area contributed by atoms with Crippen LogP contribution in [0.1, 0.15) is 69.3 Å². The summed E-state index contributed by atoms with van der Waals surface area (Å²) in [5, 5.41) is 7.34. The maximum atomic E-state index is 6.06. The number of fused-ring (bicyclic) bond motifs is 3. The van der Waals surface area contributed by atoms with Gasteiger partial charge in [0.15, 0.2) is 0 Å². The fraction of sp³-hybridized carbons (Fsp3) is 0.172. The van der Waals surface area contributed by atoms with E-state index in [-0.39, 0.29) is 0 Å². The predicted molar refractivity (Wildman–Crippen MR) is 264 cm³/mol. The summed E-state index contributed by atoms with van der Waals surface area (Å²) in [5.41, 5.74) is 18.0. The number of nitrogens with zero attached hydrogens (tertiary/aromatic N) is 1. The zero-order valence-electron chi connectivity index (χ0n) is 35.9. The summed E-state index contributed by atoms with van der Waals surface area (Å²) in [6.45, 7) is 13.6. The summed E-state index contributed by atoms with van der Waals surface area (Å²) in [4.78, 5) is 0. The standard InChI is InChI=1S/C58H58N2/c1-7-41(3)39-47(34-33-42(4)21-12-14-26-49(43(5)8-2)44-22-10-9-11-23-44)57-52-28-16-18-30-54(52)58(55-31-19-17-29-53(55)57)56-36-35-48(60(56)6)40-46(37-38-59)51-32-20-25-45-24-13-15-27-50(45)51/h9-20,22-41,43H,4,7-8,21,59H2,1-3,5-6H3/b14-12-,34-33-,38-37-,46-40-,47-39+,49-26+. The van der Waals surface area contributed by atoms with E-state index in [0.29, 0.717) is 11.8 Å². The zero-order chi connectivity index (χ0) is 42.0. The first-order valence-corrected chi connectivity index (χ1v) is 21.5. The van der Waals surface area contributed by atoms with Crippen molar-refractivity contribution < 1.29 is 0 Å². The van der Waals surface area contributed by atoms with Gasteiger partial charge >= 0.3 is 0 Å². The van der Waals surface area contributed by atoms with E-state index in [1.165, 1.54) is 60.2 Å². The van der Waals surface area contributed by atoms with Crippen LogP contribution in [-0.4, -0.2) is 4.57 Å². The van der Waals surface area contributed by atoms with Gasteiger partial charge in [0.25, 0.3) is 0 Å². The van der Waals surface area contributed by atoms with Gasteiger partial charge in [-0.3, -0.25) is 0 Å². The third-order valence-electron chi connectivity index (χ3n) is 12.0. The van der Waals surface area contributed by atoms with Gasteiger partial charge in [0.2, 0.25) is 0 Å². The lowest BCUT2D eigenvalue weighted by molar-refractivity contribution is 0.700. The van der Waals surface area contributed by atoms with Crippen molar-refractivity contribution in [2.45, 2.75) is 47.0 Å². The van der Waals surface area contributed by atoms with E-state index in [4.69, 9.17) is 5.73 Å². The van der Waals surface area contributed by atoms with Crippen molar-refractivity contribution in [2.24, 2.45) is 24.6 Å². The molecule has 7 aromatic rings. The average Bonchev–Trinajstić information content (AvgIpc) is 3.64. The van der Waals surface area contributed by atoms with Crippen molar-refractivity contribution in [1.82, 2.24) is 4.57 Å². The summed E-state index contributed by atoms with van der Waals surface area (Å²) in [6.07, 6.45) is 22.5. The van der Waals surface area contributed by atoms with Gasteiger partial charge in [-0.2, -0.15) is 0 Å². The highest BCUT2D eigenvalue weighted by Crippen LogP contribution is 2.43. The van der Waals surface area contributed by atoms with E-state index >= 15 is 0 Å². The number of allylic oxidation sites excluding steroid dienone is 11. The van der Waals surface area contributed by atoms with Crippen LogP contribution < -0.4 is 5.73 Å². The minimum atomic E-state index is 0.401. The quantitative estimate of drug-likeness (QED) is 0.0815. The molecule has 2 atom stereocenters. The molecule has 7 rings (SSSR count). The van der Waals surface area contributed by atoms with Crippen LogP contribution in [0.5, 0.6) is 0 Å². The zero-order valence-corrected chi connectivity index (χ0v) is 35.9. The lowest BCUT2D eigenvalue weighted by Gasteiger charge is -2.19. The Labute approximate surface area is 357 Å². The molecule has 2 unspecified atom stereocenters. The van der Waals surface area contributed by atoms with E-state index in [1.54, 1.807) is 6.20 Å². The maximum Gasteiger partial charge on any atom is 0.0495 e. The second-order valence-electron chi connectivity index (χ2n) is 16.0. The van der Waals surface area contributed by atoms with E-state index < -0.39 is 0 Å². The first-order valence-electron chi connectivity index (χ1n) is 21.5. The number of hydrogen-bond acceptors (Lipinski definition) is 1. The molecule has 300 valence electrons. The number of rotatable bonds is 15. The molecule has 2 N–H and O–H groups in total. The summed E-state index contributed by atoms with van der Waals surface area (Å²) in [7, 11) is 2.17. The molecule has 1 heterocycles. The molecule has 60 heavy (non-hydrogen) atoms. The molecular weight excluding hydrogens is 725 g/mol. The van der Waals surface area contributed by atoms with Crippen LogP contribution in [0.4, 0.5) is 0 Å². The lowest BCUT2D eigenvalue weighted by Crippen LogP contribution is -1.99. The molecule has 0 saturated carbocycles. The Morgan fingerprint density at radius 2 is 1.30 bits per heavy atom. The molecule has 0 radical (unpaired) electrons. The minimum absolute atomic E-state index is 0.401. The molecule has 0 amide bonds. The van der Waals surface area contributed by atoms with Gasteiger partial charge in [-0.1, -0.05) is 204 Å². The van der Waals surface area contributed by atoms with Crippen LogP contribution in [0.3, 0.4) is 0 Å². The van der Waals surface area contributed by atoms with Crippen molar-refractivity contribution in [2.75, 3.05) is 0 Å². The van der Waals surface area contributed by atoms with Crippen molar-refractivity contribution in [3.8, 4) is 11.3 Å². The highest BCUT2D eigenvalue weighted by molar-refractivity contribution is 6.19. The Morgan fingerprint density at radius 3 is 1.97 bits per heavy atom. The Hall–Kier alpha value is -6.64. The molecule has 2 nitrogen and oxygen atoms in total. The second-order valence-corrected chi connectivity index (χ2v) is 16.0. The fourth-order valence-electron chi connectivity index (χ4n) is 8.30. The highest BCUT2D eigenvalue weighted by Gasteiger charge is 2.20. The van der Waals surface area contributed by atoms with Gasteiger partial charge in [-0.05, 0) is 121 Å². The van der Waals surface area contributed by atoms with E-state index in [1.807, 2.05) is 6.08 Å². The minimum Gasteiger partial charge on any atom is -0.405 e. The van der Waals surface area contributed by atoms with Crippen LogP contribution in [0.15, 0.2) is 194 Å². The van der Waals surface area contributed by atoms with Gasteiger partial charge in [0.05, 0.1) is 0 Å².